The van der Waals surface area contributed by atoms with Gasteiger partial charge >= 0.3 is 0 Å². The van der Waals surface area contributed by atoms with Crippen LogP contribution in [0.5, 0.6) is 0 Å². The molecule has 6 heteroatoms. The van der Waals surface area contributed by atoms with Gasteiger partial charge in [-0.2, -0.15) is 4.98 Å². The first-order valence-electron chi connectivity index (χ1n) is 5.68. The Kier molecular flexibility index (Phi) is 2.76. The lowest BCUT2D eigenvalue weighted by Crippen LogP contribution is -2.24. The number of aromatic nitrogens is 3. The van der Waals surface area contributed by atoms with E-state index < -0.39 is 0 Å². The molecule has 0 aromatic carbocycles. The molecule has 1 atom stereocenters. The average Bonchev–Trinajstić information content (AvgIpc) is 2.84. The van der Waals surface area contributed by atoms with E-state index in [2.05, 4.69) is 43.3 Å². The van der Waals surface area contributed by atoms with Gasteiger partial charge in [0.1, 0.15) is 0 Å². The lowest BCUT2D eigenvalue weighted by molar-refractivity contribution is 0.414. The molecule has 0 saturated carbocycles. The number of anilines is 1. The first-order valence-corrected chi connectivity index (χ1v) is 6.47. The highest BCUT2D eigenvalue weighted by molar-refractivity contribution is 9.10. The summed E-state index contributed by atoms with van der Waals surface area (Å²) in [6.07, 6.45) is 3.06. The molecule has 0 aliphatic carbocycles. The van der Waals surface area contributed by atoms with E-state index in [1.54, 1.807) is 4.52 Å². The SMILES string of the molecule is CN1CCC(Nc2nc3ccc(Br)cn3n2)C1. The number of fused-ring (bicyclic) bond motifs is 1. The van der Waals surface area contributed by atoms with E-state index >= 15 is 0 Å². The maximum absolute atomic E-state index is 4.44. The zero-order chi connectivity index (χ0) is 11.8. The maximum Gasteiger partial charge on any atom is 0.243 e. The van der Waals surface area contributed by atoms with Crippen molar-refractivity contribution >= 4 is 27.5 Å². The van der Waals surface area contributed by atoms with Crippen LogP contribution in [0.15, 0.2) is 22.8 Å². The van der Waals surface area contributed by atoms with Crippen LogP contribution in [0, 0.1) is 0 Å². The number of hydrogen-bond donors (Lipinski definition) is 1. The third-order valence-electron chi connectivity index (χ3n) is 3.02. The lowest BCUT2D eigenvalue weighted by Gasteiger charge is -2.10. The summed E-state index contributed by atoms with van der Waals surface area (Å²) < 4.78 is 2.78. The van der Waals surface area contributed by atoms with Crippen LogP contribution in [0.4, 0.5) is 5.95 Å². The Balaban J connectivity index is 1.81. The molecular weight excluding hydrogens is 282 g/mol. The van der Waals surface area contributed by atoms with Gasteiger partial charge in [-0.15, -0.1) is 5.10 Å². The molecule has 1 saturated heterocycles. The molecule has 17 heavy (non-hydrogen) atoms. The van der Waals surface area contributed by atoms with Crippen molar-refractivity contribution in [3.8, 4) is 0 Å². The third kappa shape index (κ3) is 2.28. The van der Waals surface area contributed by atoms with Crippen LogP contribution in [0.2, 0.25) is 0 Å². The number of hydrogen-bond acceptors (Lipinski definition) is 4. The highest BCUT2D eigenvalue weighted by Gasteiger charge is 2.20. The number of pyridine rings is 1. The van der Waals surface area contributed by atoms with Crippen LogP contribution in [0.1, 0.15) is 6.42 Å². The predicted octanol–water partition coefficient (Wildman–Crippen LogP) is 1.61. The van der Waals surface area contributed by atoms with Crippen LogP contribution >= 0.6 is 15.9 Å². The van der Waals surface area contributed by atoms with E-state index in [9.17, 15) is 0 Å². The Hall–Kier alpha value is -1.14. The molecule has 1 N–H and O–H groups in total. The highest BCUT2D eigenvalue weighted by atomic mass is 79.9. The molecule has 0 spiro atoms. The summed E-state index contributed by atoms with van der Waals surface area (Å²) in [7, 11) is 2.13. The molecule has 3 heterocycles. The highest BCUT2D eigenvalue weighted by Crippen LogP contribution is 2.15. The number of likely N-dealkylation sites (tertiary alicyclic amines) is 1. The summed E-state index contributed by atoms with van der Waals surface area (Å²) in [6, 6.07) is 4.38. The van der Waals surface area contributed by atoms with E-state index in [0.717, 1.165) is 29.6 Å². The van der Waals surface area contributed by atoms with Gasteiger partial charge in [-0.3, -0.25) is 0 Å². The molecular formula is C11H14BrN5. The molecule has 0 amide bonds. The Morgan fingerprint density at radius 2 is 2.35 bits per heavy atom. The van der Waals surface area contributed by atoms with E-state index in [0.29, 0.717) is 12.0 Å². The lowest BCUT2D eigenvalue weighted by atomic mass is 10.3. The molecule has 2 aromatic heterocycles. The van der Waals surface area contributed by atoms with Crippen molar-refractivity contribution in [2.24, 2.45) is 0 Å². The summed E-state index contributed by atoms with van der Waals surface area (Å²) in [5.41, 5.74) is 0.863. The molecule has 0 bridgehead atoms. The van der Waals surface area contributed by atoms with E-state index in [4.69, 9.17) is 0 Å². The molecule has 5 nitrogen and oxygen atoms in total. The maximum atomic E-state index is 4.44. The van der Waals surface area contributed by atoms with E-state index in [-0.39, 0.29) is 0 Å². The van der Waals surface area contributed by atoms with Gasteiger partial charge in [-0.05, 0) is 48.1 Å². The molecule has 1 aliphatic heterocycles. The molecule has 90 valence electrons. The average molecular weight is 296 g/mol. The van der Waals surface area contributed by atoms with Crippen molar-refractivity contribution in [3.63, 3.8) is 0 Å². The van der Waals surface area contributed by atoms with Crippen LogP contribution in [-0.4, -0.2) is 45.7 Å². The minimum atomic E-state index is 0.459. The van der Waals surface area contributed by atoms with Crippen molar-refractivity contribution in [1.82, 2.24) is 19.5 Å². The Morgan fingerprint density at radius 3 is 3.12 bits per heavy atom. The van der Waals surface area contributed by atoms with Gasteiger partial charge in [0, 0.05) is 23.3 Å². The zero-order valence-electron chi connectivity index (χ0n) is 9.60. The predicted molar refractivity (Wildman–Crippen MR) is 70.2 cm³/mol. The van der Waals surface area contributed by atoms with Gasteiger partial charge in [0.2, 0.25) is 5.95 Å². The summed E-state index contributed by atoms with van der Waals surface area (Å²) in [4.78, 5) is 6.75. The Morgan fingerprint density at radius 1 is 1.47 bits per heavy atom. The van der Waals surface area contributed by atoms with Gasteiger partial charge in [0.15, 0.2) is 5.65 Å². The fourth-order valence-electron chi connectivity index (χ4n) is 2.15. The van der Waals surface area contributed by atoms with Gasteiger partial charge in [0.25, 0.3) is 0 Å². The van der Waals surface area contributed by atoms with Crippen molar-refractivity contribution in [2.75, 3.05) is 25.5 Å². The van der Waals surface area contributed by atoms with Crippen LogP contribution < -0.4 is 5.32 Å². The second-order valence-electron chi connectivity index (χ2n) is 4.48. The number of nitrogens with zero attached hydrogens (tertiary/aromatic N) is 4. The fraction of sp³-hybridized carbons (Fsp3) is 0.455. The number of nitrogens with one attached hydrogen (secondary N) is 1. The molecule has 1 aliphatic rings. The summed E-state index contributed by atoms with van der Waals surface area (Å²) in [6.45, 7) is 2.19. The van der Waals surface area contributed by atoms with Gasteiger partial charge in [-0.25, -0.2) is 4.52 Å². The normalized spacial score (nSPS) is 21.2. The summed E-state index contributed by atoms with van der Waals surface area (Å²) in [5, 5.41) is 7.79. The Bertz CT molecular complexity index is 538. The first kappa shape index (κ1) is 11.0. The zero-order valence-corrected chi connectivity index (χ0v) is 11.2. The number of halogens is 1. The van der Waals surface area contributed by atoms with Crippen molar-refractivity contribution in [1.29, 1.82) is 0 Å². The van der Waals surface area contributed by atoms with Crippen molar-refractivity contribution in [3.05, 3.63) is 22.8 Å². The van der Waals surface area contributed by atoms with Gasteiger partial charge in [0.05, 0.1) is 0 Å². The standard InChI is InChI=1S/C11H14BrN5/c1-16-5-4-9(7-16)13-11-14-10-3-2-8(12)6-17(10)15-11/h2-3,6,9H,4-5,7H2,1H3,(H,13,15). The van der Waals surface area contributed by atoms with Crippen LogP contribution in [-0.2, 0) is 0 Å². The van der Waals surface area contributed by atoms with E-state index in [1.807, 2.05) is 18.3 Å². The topological polar surface area (TPSA) is 45.5 Å². The van der Waals surface area contributed by atoms with Gasteiger partial charge < -0.3 is 10.2 Å². The van der Waals surface area contributed by atoms with Gasteiger partial charge in [-0.1, -0.05) is 0 Å². The second-order valence-corrected chi connectivity index (χ2v) is 5.39. The van der Waals surface area contributed by atoms with Crippen LogP contribution in [0.25, 0.3) is 5.65 Å². The molecule has 2 aromatic rings. The fourth-order valence-corrected chi connectivity index (χ4v) is 2.48. The monoisotopic (exact) mass is 295 g/mol. The molecule has 3 rings (SSSR count). The third-order valence-corrected chi connectivity index (χ3v) is 3.49. The quantitative estimate of drug-likeness (QED) is 0.914. The molecule has 1 unspecified atom stereocenters. The van der Waals surface area contributed by atoms with Crippen LogP contribution in [0.3, 0.4) is 0 Å². The summed E-state index contributed by atoms with van der Waals surface area (Å²) in [5.74, 6) is 0.711. The smallest absolute Gasteiger partial charge is 0.243 e. The minimum absolute atomic E-state index is 0.459. The first-order chi connectivity index (χ1) is 8.20. The molecule has 1 fully saturated rings. The Labute approximate surface area is 108 Å². The summed E-state index contributed by atoms with van der Waals surface area (Å²) >= 11 is 3.42. The molecule has 0 radical (unpaired) electrons. The number of likely N-dealkylation sites (N-methyl/N-ethyl adjacent to an activating group) is 1. The van der Waals surface area contributed by atoms with E-state index in [1.165, 1.54) is 0 Å². The largest absolute Gasteiger partial charge is 0.349 e. The second kappa shape index (κ2) is 4.27. The minimum Gasteiger partial charge on any atom is -0.349 e. The number of rotatable bonds is 2. The van der Waals surface area contributed by atoms with Crippen molar-refractivity contribution in [2.45, 2.75) is 12.5 Å². The van der Waals surface area contributed by atoms with Crippen molar-refractivity contribution < 1.29 is 0 Å².